The molecular weight excluding hydrogens is 248 g/mol. The number of alkyl halides is 1. The second kappa shape index (κ2) is 6.01. The van der Waals surface area contributed by atoms with Gasteiger partial charge in [-0.2, -0.15) is 0 Å². The molecule has 0 aromatic heterocycles. The first-order valence-electron chi connectivity index (χ1n) is 4.75. The summed E-state index contributed by atoms with van der Waals surface area (Å²) in [5.41, 5.74) is 0.253. The third-order valence-corrected chi connectivity index (χ3v) is 3.69. The fourth-order valence-electron chi connectivity index (χ4n) is 1.12. The van der Waals surface area contributed by atoms with E-state index >= 15 is 0 Å². The van der Waals surface area contributed by atoms with Crippen LogP contribution in [0, 0.1) is 6.92 Å². The van der Waals surface area contributed by atoms with Crippen LogP contribution >= 0.6 is 11.6 Å². The quantitative estimate of drug-likeness (QED) is 0.616. The minimum Gasteiger partial charge on any atom is -0.445 e. The maximum Gasteiger partial charge on any atom is 0.304 e. The molecule has 88 valence electrons. The fourth-order valence-corrected chi connectivity index (χ4v) is 2.53. The van der Waals surface area contributed by atoms with E-state index in [1.165, 1.54) is 6.92 Å². The average Bonchev–Trinajstić information content (AvgIpc) is 2.16. The van der Waals surface area contributed by atoms with Crippen molar-refractivity contribution in [1.29, 1.82) is 0 Å². The number of ether oxygens (including phenoxy) is 1. The van der Waals surface area contributed by atoms with Crippen molar-refractivity contribution < 1.29 is 13.7 Å². The molecule has 0 bridgehead atoms. The van der Waals surface area contributed by atoms with E-state index in [0.29, 0.717) is 4.90 Å². The van der Waals surface area contributed by atoms with Crippen LogP contribution in [0.1, 0.15) is 12.5 Å². The highest BCUT2D eigenvalue weighted by Crippen LogP contribution is 2.11. The van der Waals surface area contributed by atoms with Gasteiger partial charge in [0.05, 0.1) is 16.6 Å². The van der Waals surface area contributed by atoms with Crippen LogP contribution in [0.25, 0.3) is 0 Å². The van der Waals surface area contributed by atoms with Crippen LogP contribution in [-0.2, 0) is 20.3 Å². The van der Waals surface area contributed by atoms with E-state index in [-0.39, 0.29) is 5.75 Å². The molecule has 1 aromatic carbocycles. The smallest absolute Gasteiger partial charge is 0.304 e. The topological polar surface area (TPSA) is 43.4 Å². The van der Waals surface area contributed by atoms with Gasteiger partial charge in [-0.15, -0.1) is 0 Å². The zero-order chi connectivity index (χ0) is 12.1. The molecule has 0 radical (unpaired) electrons. The Morgan fingerprint density at radius 1 is 1.44 bits per heavy atom. The summed E-state index contributed by atoms with van der Waals surface area (Å²) in [6.07, 6.45) is 0. The molecule has 16 heavy (non-hydrogen) atoms. The fraction of sp³-hybridized carbons (Fsp3) is 0.364. The molecule has 0 fully saturated rings. The maximum atomic E-state index is 11.8. The Hall–Kier alpha value is -0.870. The summed E-state index contributed by atoms with van der Waals surface area (Å²) in [5.74, 6) is -0.370. The molecule has 1 rings (SSSR count). The molecule has 0 aliphatic heterocycles. The van der Waals surface area contributed by atoms with Crippen LogP contribution < -0.4 is 0 Å². The third kappa shape index (κ3) is 4.33. The Bertz CT molecular complexity index is 389. The number of carbonyl (C=O) groups excluding carboxylic acids is 1. The van der Waals surface area contributed by atoms with Crippen molar-refractivity contribution in [2.75, 3.05) is 5.75 Å². The summed E-state index contributed by atoms with van der Waals surface area (Å²) in [7, 11) is -1.25. The van der Waals surface area contributed by atoms with Gasteiger partial charge in [-0.1, -0.05) is 29.3 Å². The first kappa shape index (κ1) is 13.2. The van der Waals surface area contributed by atoms with E-state index in [1.54, 1.807) is 12.1 Å². The molecular formula is C11H13ClO3S. The highest BCUT2D eigenvalue weighted by Gasteiger charge is 2.13. The second-order valence-electron chi connectivity index (χ2n) is 3.34. The molecule has 0 heterocycles. The van der Waals surface area contributed by atoms with Crippen molar-refractivity contribution in [2.24, 2.45) is 0 Å². The van der Waals surface area contributed by atoms with Crippen molar-refractivity contribution in [1.82, 2.24) is 0 Å². The minimum atomic E-state index is -1.25. The number of hydrogen-bond donors (Lipinski definition) is 0. The molecule has 2 unspecified atom stereocenters. The zero-order valence-electron chi connectivity index (χ0n) is 9.10. The number of rotatable bonds is 4. The standard InChI is InChI=1S/C11H13ClO3S/c1-8-3-5-10(6-4-8)16(14)7-11(12)15-9(2)13/h3-6,11H,7H2,1-2H3. The second-order valence-corrected chi connectivity index (χ2v) is 5.33. The van der Waals surface area contributed by atoms with Crippen LogP contribution in [-0.4, -0.2) is 21.5 Å². The first-order valence-corrected chi connectivity index (χ1v) is 6.51. The van der Waals surface area contributed by atoms with E-state index in [0.717, 1.165) is 5.56 Å². The van der Waals surface area contributed by atoms with Crippen LogP contribution in [0.15, 0.2) is 29.2 Å². The van der Waals surface area contributed by atoms with Gasteiger partial charge in [-0.3, -0.25) is 9.00 Å². The number of hydrogen-bond acceptors (Lipinski definition) is 3. The van der Waals surface area contributed by atoms with E-state index in [9.17, 15) is 9.00 Å². The number of carbonyl (C=O) groups is 1. The van der Waals surface area contributed by atoms with Gasteiger partial charge in [-0.25, -0.2) is 0 Å². The van der Waals surface area contributed by atoms with Gasteiger partial charge >= 0.3 is 5.97 Å². The van der Waals surface area contributed by atoms with Gasteiger partial charge in [0.1, 0.15) is 0 Å². The minimum absolute atomic E-state index is 0.101. The SMILES string of the molecule is CC(=O)OC(Cl)CS(=O)c1ccc(C)cc1. The zero-order valence-corrected chi connectivity index (χ0v) is 10.7. The van der Waals surface area contributed by atoms with Crippen LogP contribution in [0.2, 0.25) is 0 Å². The van der Waals surface area contributed by atoms with Crippen molar-refractivity contribution in [2.45, 2.75) is 24.3 Å². The molecule has 5 heteroatoms. The number of halogens is 1. The van der Waals surface area contributed by atoms with E-state index < -0.39 is 22.3 Å². The van der Waals surface area contributed by atoms with Crippen molar-refractivity contribution in [3.8, 4) is 0 Å². The highest BCUT2D eigenvalue weighted by atomic mass is 35.5. The average molecular weight is 261 g/mol. The molecule has 3 nitrogen and oxygen atoms in total. The van der Waals surface area contributed by atoms with Crippen molar-refractivity contribution in [3.05, 3.63) is 29.8 Å². The van der Waals surface area contributed by atoms with Gasteiger partial charge in [0.25, 0.3) is 0 Å². The van der Waals surface area contributed by atoms with Gasteiger partial charge in [0.2, 0.25) is 0 Å². The first-order chi connectivity index (χ1) is 7.49. The lowest BCUT2D eigenvalue weighted by molar-refractivity contribution is -0.141. The number of benzene rings is 1. The van der Waals surface area contributed by atoms with Crippen molar-refractivity contribution in [3.63, 3.8) is 0 Å². The Kier molecular flexibility index (Phi) is 4.96. The number of esters is 1. The summed E-state index contributed by atoms with van der Waals surface area (Å²) in [6.45, 7) is 3.22. The predicted molar refractivity (Wildman–Crippen MR) is 63.9 cm³/mol. The normalized spacial score (nSPS) is 14.2. The summed E-state index contributed by atoms with van der Waals surface area (Å²) < 4.78 is 16.5. The third-order valence-electron chi connectivity index (χ3n) is 1.86. The molecule has 0 aliphatic carbocycles. The van der Waals surface area contributed by atoms with E-state index in [4.69, 9.17) is 16.3 Å². The Morgan fingerprint density at radius 3 is 2.50 bits per heavy atom. The van der Waals surface area contributed by atoms with Gasteiger partial charge in [-0.05, 0) is 19.1 Å². The molecule has 0 spiro atoms. The lowest BCUT2D eigenvalue weighted by Gasteiger charge is -2.09. The van der Waals surface area contributed by atoms with Crippen LogP contribution in [0.5, 0.6) is 0 Å². The molecule has 0 saturated heterocycles. The highest BCUT2D eigenvalue weighted by molar-refractivity contribution is 7.85. The Morgan fingerprint density at radius 2 is 2.00 bits per heavy atom. The molecule has 0 aliphatic rings. The van der Waals surface area contributed by atoms with Crippen LogP contribution in [0.3, 0.4) is 0 Å². The molecule has 0 N–H and O–H groups in total. The van der Waals surface area contributed by atoms with Crippen LogP contribution in [0.4, 0.5) is 0 Å². The number of aryl methyl sites for hydroxylation is 1. The Balaban J connectivity index is 2.58. The van der Waals surface area contributed by atoms with E-state index in [1.807, 2.05) is 19.1 Å². The molecule has 0 saturated carbocycles. The van der Waals surface area contributed by atoms with E-state index in [2.05, 4.69) is 0 Å². The summed E-state index contributed by atoms with van der Waals surface area (Å²) in [6, 6.07) is 7.32. The summed E-state index contributed by atoms with van der Waals surface area (Å²) in [5, 5.41) is 0. The maximum absolute atomic E-state index is 11.8. The summed E-state index contributed by atoms with van der Waals surface area (Å²) in [4.78, 5) is 11.3. The lowest BCUT2D eigenvalue weighted by Crippen LogP contribution is -2.17. The lowest BCUT2D eigenvalue weighted by atomic mass is 10.2. The van der Waals surface area contributed by atoms with Gasteiger partial charge in [0.15, 0.2) is 5.56 Å². The summed E-state index contributed by atoms with van der Waals surface area (Å²) >= 11 is 5.72. The predicted octanol–water partition coefficient (Wildman–Crippen LogP) is 2.23. The molecule has 0 amide bonds. The van der Waals surface area contributed by atoms with Gasteiger partial charge < -0.3 is 4.74 Å². The molecule has 2 atom stereocenters. The monoisotopic (exact) mass is 260 g/mol. The molecule has 1 aromatic rings. The largest absolute Gasteiger partial charge is 0.445 e. The van der Waals surface area contributed by atoms with Gasteiger partial charge in [0, 0.05) is 11.8 Å². The van der Waals surface area contributed by atoms with Crippen molar-refractivity contribution >= 4 is 28.4 Å². The Labute approximate surface area is 102 Å².